The van der Waals surface area contributed by atoms with Crippen LogP contribution < -0.4 is 10.6 Å². The zero-order valence-corrected chi connectivity index (χ0v) is 20.1. The van der Waals surface area contributed by atoms with Gasteiger partial charge < -0.3 is 10.2 Å². The number of thioether (sulfide) groups is 1. The molecule has 0 spiro atoms. The molecule has 3 aromatic heterocycles. The Labute approximate surface area is 205 Å². The number of hydrogen-bond donors (Lipinski definition) is 2. The van der Waals surface area contributed by atoms with Gasteiger partial charge in [0.2, 0.25) is 11.8 Å². The summed E-state index contributed by atoms with van der Waals surface area (Å²) in [6, 6.07) is 6.93. The normalized spacial score (nSPS) is 14.0. The summed E-state index contributed by atoms with van der Waals surface area (Å²) in [5.41, 5.74) is 0.737. The van der Waals surface area contributed by atoms with Crippen molar-refractivity contribution in [2.24, 2.45) is 0 Å². The molecule has 4 rings (SSSR count). The second-order valence-electron chi connectivity index (χ2n) is 7.67. The highest BCUT2D eigenvalue weighted by molar-refractivity contribution is 7.99. The van der Waals surface area contributed by atoms with Crippen molar-refractivity contribution in [2.45, 2.75) is 43.9 Å². The van der Waals surface area contributed by atoms with Gasteiger partial charge in [-0.25, -0.2) is 4.79 Å². The lowest BCUT2D eigenvalue weighted by molar-refractivity contribution is -0.131. The maximum absolute atomic E-state index is 12.5. The van der Waals surface area contributed by atoms with Gasteiger partial charge >= 0.3 is 6.03 Å². The zero-order chi connectivity index (χ0) is 23.8. The number of urea groups is 1. The molecule has 178 valence electrons. The second-order valence-corrected chi connectivity index (χ2v) is 9.65. The first kappa shape index (κ1) is 23.9. The number of thiophene rings is 1. The molecule has 12 heteroatoms. The van der Waals surface area contributed by atoms with Gasteiger partial charge in [0.05, 0.1) is 30.7 Å². The molecular weight excluding hydrogens is 474 g/mol. The molecular formula is C22H25N7O3S2. The number of nitrogens with one attached hydrogen (secondary N) is 2. The van der Waals surface area contributed by atoms with Crippen LogP contribution in [0.3, 0.4) is 0 Å². The molecule has 34 heavy (non-hydrogen) atoms. The molecule has 0 saturated carbocycles. The van der Waals surface area contributed by atoms with E-state index < -0.39 is 11.9 Å². The average Bonchev–Trinajstić information content (AvgIpc) is 3.46. The summed E-state index contributed by atoms with van der Waals surface area (Å²) in [5.74, 6) is 0.242. The van der Waals surface area contributed by atoms with Crippen LogP contribution in [0.1, 0.15) is 36.4 Å². The fourth-order valence-electron chi connectivity index (χ4n) is 3.54. The van der Waals surface area contributed by atoms with Crippen LogP contribution in [0.4, 0.5) is 4.79 Å². The van der Waals surface area contributed by atoms with E-state index in [4.69, 9.17) is 0 Å². The molecule has 3 aromatic rings. The van der Waals surface area contributed by atoms with E-state index in [1.54, 1.807) is 23.0 Å². The standard InChI is InChI=1S/C22H25N7O3S2/c30-19(25-21(32)24-13-17-7-5-11-33-17)15-34-22-27-26-18(29(22)16-6-4-9-23-12-16)14-28-10-3-1-2-8-20(28)31/h4-7,9,11-12H,1-3,8,10,13-15H2,(H2,24,25,30,32). The van der Waals surface area contributed by atoms with Crippen LogP contribution in [0, 0.1) is 0 Å². The quantitative estimate of drug-likeness (QED) is 0.457. The zero-order valence-electron chi connectivity index (χ0n) is 18.5. The molecule has 0 unspecified atom stereocenters. The molecule has 4 heterocycles. The maximum atomic E-state index is 12.5. The van der Waals surface area contributed by atoms with Crippen molar-refractivity contribution < 1.29 is 14.4 Å². The second kappa shape index (κ2) is 11.7. The maximum Gasteiger partial charge on any atom is 0.321 e. The molecule has 4 amide bonds. The Morgan fingerprint density at radius 2 is 2.06 bits per heavy atom. The van der Waals surface area contributed by atoms with Crippen LogP contribution in [-0.2, 0) is 22.7 Å². The molecule has 1 saturated heterocycles. The lowest BCUT2D eigenvalue weighted by Gasteiger charge is -2.20. The molecule has 0 bridgehead atoms. The predicted molar refractivity (Wildman–Crippen MR) is 128 cm³/mol. The highest BCUT2D eigenvalue weighted by atomic mass is 32.2. The Hall–Kier alpha value is -3.25. The van der Waals surface area contributed by atoms with Crippen molar-refractivity contribution in [1.29, 1.82) is 0 Å². The summed E-state index contributed by atoms with van der Waals surface area (Å²) in [5, 5.41) is 16.0. The molecule has 0 aromatic carbocycles. The van der Waals surface area contributed by atoms with E-state index in [-0.39, 0.29) is 11.7 Å². The minimum absolute atomic E-state index is 0.0204. The molecule has 2 N–H and O–H groups in total. The molecule has 0 radical (unpaired) electrons. The SMILES string of the molecule is O=C(CSc1nnc(CN2CCCCCC2=O)n1-c1cccnc1)NC(=O)NCc1cccs1. The Morgan fingerprint density at radius 1 is 1.15 bits per heavy atom. The van der Waals surface area contributed by atoms with Gasteiger partial charge in [-0.3, -0.25) is 24.5 Å². The van der Waals surface area contributed by atoms with Gasteiger partial charge in [0.25, 0.3) is 0 Å². The highest BCUT2D eigenvalue weighted by Gasteiger charge is 2.22. The van der Waals surface area contributed by atoms with Crippen LogP contribution >= 0.6 is 23.1 Å². The summed E-state index contributed by atoms with van der Waals surface area (Å²) in [7, 11) is 0. The van der Waals surface area contributed by atoms with Gasteiger partial charge in [0.15, 0.2) is 11.0 Å². The van der Waals surface area contributed by atoms with Crippen molar-refractivity contribution in [1.82, 2.24) is 35.3 Å². The number of imide groups is 1. The van der Waals surface area contributed by atoms with Crippen molar-refractivity contribution in [3.05, 3.63) is 52.7 Å². The van der Waals surface area contributed by atoms with E-state index in [0.29, 0.717) is 37.0 Å². The van der Waals surface area contributed by atoms with E-state index in [2.05, 4.69) is 25.8 Å². The Bertz CT molecular complexity index is 1120. The van der Waals surface area contributed by atoms with Crippen LogP contribution in [0.5, 0.6) is 0 Å². The fraction of sp³-hybridized carbons (Fsp3) is 0.364. The molecule has 0 aliphatic carbocycles. The van der Waals surface area contributed by atoms with E-state index in [0.717, 1.165) is 41.6 Å². The predicted octanol–water partition coefficient (Wildman–Crippen LogP) is 2.74. The molecule has 1 fully saturated rings. The number of rotatable bonds is 8. The number of amides is 4. The van der Waals surface area contributed by atoms with Gasteiger partial charge in [-0.2, -0.15) is 0 Å². The van der Waals surface area contributed by atoms with Crippen LogP contribution in [-0.4, -0.2) is 54.8 Å². The van der Waals surface area contributed by atoms with Gasteiger partial charge in [-0.1, -0.05) is 24.2 Å². The van der Waals surface area contributed by atoms with Crippen LogP contribution in [0.15, 0.2) is 47.2 Å². The number of nitrogens with zero attached hydrogens (tertiary/aromatic N) is 5. The van der Waals surface area contributed by atoms with Crippen molar-refractivity contribution in [3.63, 3.8) is 0 Å². The van der Waals surface area contributed by atoms with Crippen LogP contribution in [0.2, 0.25) is 0 Å². The van der Waals surface area contributed by atoms with E-state index in [1.165, 1.54) is 11.3 Å². The minimum Gasteiger partial charge on any atom is -0.335 e. The van der Waals surface area contributed by atoms with Gasteiger partial charge in [0, 0.05) is 24.0 Å². The van der Waals surface area contributed by atoms with E-state index in [1.807, 2.05) is 28.5 Å². The summed E-state index contributed by atoms with van der Waals surface area (Å²) < 4.78 is 1.81. The van der Waals surface area contributed by atoms with Gasteiger partial charge in [-0.05, 0) is 36.4 Å². The molecule has 1 aliphatic heterocycles. The number of carbonyl (C=O) groups is 3. The fourth-order valence-corrected chi connectivity index (χ4v) is 4.95. The van der Waals surface area contributed by atoms with E-state index in [9.17, 15) is 14.4 Å². The summed E-state index contributed by atoms with van der Waals surface area (Å²) in [6.07, 6.45) is 6.79. The van der Waals surface area contributed by atoms with Crippen molar-refractivity contribution in [3.8, 4) is 5.69 Å². The topological polar surface area (TPSA) is 122 Å². The summed E-state index contributed by atoms with van der Waals surface area (Å²) in [4.78, 5) is 43.8. The smallest absolute Gasteiger partial charge is 0.321 e. The molecule has 1 aliphatic rings. The molecule has 10 nitrogen and oxygen atoms in total. The first-order valence-electron chi connectivity index (χ1n) is 11.0. The third kappa shape index (κ3) is 6.41. The monoisotopic (exact) mass is 499 g/mol. The Morgan fingerprint density at radius 3 is 2.85 bits per heavy atom. The first-order chi connectivity index (χ1) is 16.6. The average molecular weight is 500 g/mol. The minimum atomic E-state index is -0.548. The lowest BCUT2D eigenvalue weighted by Crippen LogP contribution is -2.39. The highest BCUT2D eigenvalue weighted by Crippen LogP contribution is 2.23. The largest absolute Gasteiger partial charge is 0.335 e. The number of likely N-dealkylation sites (tertiary alicyclic amines) is 1. The summed E-state index contributed by atoms with van der Waals surface area (Å²) >= 11 is 2.69. The molecule has 0 atom stereocenters. The van der Waals surface area contributed by atoms with Crippen molar-refractivity contribution >= 4 is 40.9 Å². The third-order valence-electron chi connectivity index (χ3n) is 5.20. The lowest BCUT2D eigenvalue weighted by atomic mass is 10.2. The number of carbonyl (C=O) groups excluding carboxylic acids is 3. The van der Waals surface area contributed by atoms with Crippen molar-refractivity contribution in [2.75, 3.05) is 12.3 Å². The van der Waals surface area contributed by atoms with Crippen LogP contribution in [0.25, 0.3) is 5.69 Å². The third-order valence-corrected chi connectivity index (χ3v) is 7.00. The number of hydrogen-bond acceptors (Lipinski definition) is 8. The number of pyridine rings is 1. The van der Waals surface area contributed by atoms with Gasteiger partial charge in [-0.15, -0.1) is 21.5 Å². The van der Waals surface area contributed by atoms with Gasteiger partial charge in [0.1, 0.15) is 0 Å². The summed E-state index contributed by atoms with van der Waals surface area (Å²) in [6.45, 7) is 1.38. The van der Waals surface area contributed by atoms with E-state index >= 15 is 0 Å². The number of aromatic nitrogens is 4. The Balaban J connectivity index is 1.41. The Kier molecular flexibility index (Phi) is 8.26. The first-order valence-corrected chi connectivity index (χ1v) is 12.8.